The number of alkyl halides is 2. The number of hydrogen-bond acceptors (Lipinski definition) is 5. The van der Waals surface area contributed by atoms with E-state index in [4.69, 9.17) is 4.52 Å². The van der Waals surface area contributed by atoms with E-state index in [9.17, 15) is 13.2 Å². The van der Waals surface area contributed by atoms with Crippen molar-refractivity contribution < 1.29 is 22.4 Å². The molecule has 0 bridgehead atoms. The second-order valence-electron chi connectivity index (χ2n) is 5.69. The highest BCUT2D eigenvalue weighted by atomic mass is 19.3. The molecule has 2 aromatic rings. The van der Waals surface area contributed by atoms with E-state index in [-0.39, 0.29) is 0 Å². The summed E-state index contributed by atoms with van der Waals surface area (Å²) >= 11 is 0. The lowest BCUT2D eigenvalue weighted by Gasteiger charge is -2.34. The van der Waals surface area contributed by atoms with Crippen molar-refractivity contribution in [3.05, 3.63) is 47.6 Å². The summed E-state index contributed by atoms with van der Waals surface area (Å²) in [6.07, 6.45) is 1.56. The normalized spacial score (nSPS) is 16.7. The molecule has 0 amide bonds. The van der Waals surface area contributed by atoms with Gasteiger partial charge in [-0.1, -0.05) is 11.2 Å². The van der Waals surface area contributed by atoms with Crippen LogP contribution in [0.15, 0.2) is 35.1 Å². The molecule has 2 heterocycles. The molecule has 0 atom stereocenters. The molecule has 1 aromatic heterocycles. The lowest BCUT2D eigenvalue weighted by Crippen LogP contribution is -2.45. The standard InChI is InChI=1S/C16H18F3N3O2/c17-14-9-12(1-2-15(14)24-16(18)19)10-21-4-6-22(7-5-21)11-13-3-8-23-20-13/h1-3,8-9,16H,4-7,10-11H2. The first-order valence-corrected chi connectivity index (χ1v) is 7.67. The Morgan fingerprint density at radius 2 is 1.79 bits per heavy atom. The zero-order valence-electron chi connectivity index (χ0n) is 13.0. The molecule has 24 heavy (non-hydrogen) atoms. The van der Waals surface area contributed by atoms with Crippen LogP contribution in [0.2, 0.25) is 0 Å². The number of rotatable bonds is 6. The van der Waals surface area contributed by atoms with Crippen molar-refractivity contribution in [1.29, 1.82) is 0 Å². The minimum absolute atomic E-state index is 0.425. The zero-order valence-corrected chi connectivity index (χ0v) is 13.0. The predicted octanol–water partition coefficient (Wildman–Crippen LogP) is 2.73. The molecule has 8 heteroatoms. The van der Waals surface area contributed by atoms with Gasteiger partial charge in [0.15, 0.2) is 11.6 Å². The molecule has 0 N–H and O–H groups in total. The van der Waals surface area contributed by atoms with Gasteiger partial charge in [-0.15, -0.1) is 0 Å². The second kappa shape index (κ2) is 7.67. The topological polar surface area (TPSA) is 41.7 Å². The van der Waals surface area contributed by atoms with Crippen molar-refractivity contribution in [2.75, 3.05) is 26.2 Å². The molecule has 1 saturated heterocycles. The van der Waals surface area contributed by atoms with Crippen molar-refractivity contribution >= 4 is 0 Å². The smallest absolute Gasteiger partial charge is 0.387 e. The Balaban J connectivity index is 1.50. The summed E-state index contributed by atoms with van der Waals surface area (Å²) in [6, 6.07) is 5.96. The molecule has 1 aliphatic rings. The van der Waals surface area contributed by atoms with Crippen LogP contribution in [-0.2, 0) is 13.1 Å². The van der Waals surface area contributed by atoms with E-state index in [1.807, 2.05) is 6.07 Å². The molecule has 1 aromatic carbocycles. The molecule has 1 fully saturated rings. The highest BCUT2D eigenvalue weighted by Crippen LogP contribution is 2.21. The summed E-state index contributed by atoms with van der Waals surface area (Å²) in [6.45, 7) is 1.73. The average Bonchev–Trinajstić information content (AvgIpc) is 3.05. The molecular weight excluding hydrogens is 323 g/mol. The fourth-order valence-electron chi connectivity index (χ4n) is 2.75. The van der Waals surface area contributed by atoms with E-state index in [1.165, 1.54) is 12.1 Å². The van der Waals surface area contributed by atoms with Crippen LogP contribution in [0.3, 0.4) is 0 Å². The summed E-state index contributed by atoms with van der Waals surface area (Å²) in [4.78, 5) is 4.47. The monoisotopic (exact) mass is 341 g/mol. The Morgan fingerprint density at radius 1 is 1.08 bits per heavy atom. The summed E-state index contributed by atoms with van der Waals surface area (Å²) in [5, 5.41) is 3.90. The fourth-order valence-corrected chi connectivity index (χ4v) is 2.75. The first-order chi connectivity index (χ1) is 11.6. The van der Waals surface area contributed by atoms with Crippen molar-refractivity contribution in [1.82, 2.24) is 15.0 Å². The maximum absolute atomic E-state index is 13.7. The van der Waals surface area contributed by atoms with Crippen LogP contribution in [0, 0.1) is 5.82 Å². The molecular formula is C16H18F3N3O2. The Hall–Kier alpha value is -2.06. The van der Waals surface area contributed by atoms with Gasteiger partial charge >= 0.3 is 6.61 Å². The lowest BCUT2D eigenvalue weighted by atomic mass is 10.1. The van der Waals surface area contributed by atoms with Crippen LogP contribution in [0.4, 0.5) is 13.2 Å². The molecule has 3 rings (SSSR count). The van der Waals surface area contributed by atoms with Crippen molar-refractivity contribution in [2.24, 2.45) is 0 Å². The van der Waals surface area contributed by atoms with Gasteiger partial charge in [0.2, 0.25) is 0 Å². The molecule has 0 spiro atoms. The number of aromatic nitrogens is 1. The van der Waals surface area contributed by atoms with Gasteiger partial charge < -0.3 is 9.26 Å². The molecule has 130 valence electrons. The number of ether oxygens (including phenoxy) is 1. The molecule has 0 unspecified atom stereocenters. The Morgan fingerprint density at radius 3 is 2.38 bits per heavy atom. The zero-order chi connectivity index (χ0) is 16.9. The van der Waals surface area contributed by atoms with E-state index in [1.54, 1.807) is 12.3 Å². The third kappa shape index (κ3) is 4.48. The maximum Gasteiger partial charge on any atom is 0.387 e. The minimum Gasteiger partial charge on any atom is -0.432 e. The minimum atomic E-state index is -3.02. The lowest BCUT2D eigenvalue weighted by molar-refractivity contribution is -0.0522. The third-order valence-electron chi connectivity index (χ3n) is 3.96. The fraction of sp³-hybridized carbons (Fsp3) is 0.438. The van der Waals surface area contributed by atoms with E-state index in [0.29, 0.717) is 6.54 Å². The first kappa shape index (κ1) is 16.8. The van der Waals surface area contributed by atoms with E-state index in [0.717, 1.165) is 44.0 Å². The maximum atomic E-state index is 13.7. The summed E-state index contributed by atoms with van der Waals surface area (Å²) in [5.74, 6) is -1.19. The Bertz CT molecular complexity index is 644. The van der Waals surface area contributed by atoms with Gasteiger partial charge in [-0.05, 0) is 17.7 Å². The SMILES string of the molecule is Fc1cc(CN2CCN(Cc3ccon3)CC2)ccc1OC(F)F. The second-order valence-corrected chi connectivity index (χ2v) is 5.69. The number of halogens is 3. The van der Waals surface area contributed by atoms with Gasteiger partial charge in [0.05, 0.1) is 5.69 Å². The van der Waals surface area contributed by atoms with E-state index < -0.39 is 18.2 Å². The number of piperazine rings is 1. The highest BCUT2D eigenvalue weighted by molar-refractivity contribution is 5.29. The van der Waals surface area contributed by atoms with Gasteiger partial charge in [0.1, 0.15) is 6.26 Å². The number of hydrogen-bond donors (Lipinski definition) is 0. The van der Waals surface area contributed by atoms with Crippen molar-refractivity contribution in [3.8, 4) is 5.75 Å². The van der Waals surface area contributed by atoms with Crippen LogP contribution < -0.4 is 4.74 Å². The summed E-state index contributed by atoms with van der Waals surface area (Å²) in [7, 11) is 0. The molecule has 5 nitrogen and oxygen atoms in total. The van der Waals surface area contributed by atoms with Crippen molar-refractivity contribution in [3.63, 3.8) is 0 Å². The molecule has 1 aliphatic heterocycles. The largest absolute Gasteiger partial charge is 0.432 e. The Labute approximate surface area is 137 Å². The first-order valence-electron chi connectivity index (χ1n) is 7.67. The molecule has 0 aliphatic carbocycles. The number of benzene rings is 1. The van der Waals surface area contributed by atoms with Crippen molar-refractivity contribution in [2.45, 2.75) is 19.7 Å². The van der Waals surface area contributed by atoms with E-state index in [2.05, 4.69) is 19.7 Å². The quantitative estimate of drug-likeness (QED) is 0.808. The number of nitrogens with zero attached hydrogens (tertiary/aromatic N) is 3. The molecule has 0 radical (unpaired) electrons. The van der Waals surface area contributed by atoms with Crippen LogP contribution in [-0.4, -0.2) is 47.7 Å². The molecule has 0 saturated carbocycles. The van der Waals surface area contributed by atoms with Crippen LogP contribution in [0.5, 0.6) is 5.75 Å². The Kier molecular flexibility index (Phi) is 5.37. The highest BCUT2D eigenvalue weighted by Gasteiger charge is 2.18. The average molecular weight is 341 g/mol. The van der Waals surface area contributed by atoms with Gasteiger partial charge in [0, 0.05) is 45.3 Å². The third-order valence-corrected chi connectivity index (χ3v) is 3.96. The van der Waals surface area contributed by atoms with E-state index >= 15 is 0 Å². The predicted molar refractivity (Wildman–Crippen MR) is 80.1 cm³/mol. The van der Waals surface area contributed by atoms with Crippen LogP contribution in [0.1, 0.15) is 11.3 Å². The van der Waals surface area contributed by atoms with Gasteiger partial charge in [0.25, 0.3) is 0 Å². The van der Waals surface area contributed by atoms with Gasteiger partial charge in [-0.2, -0.15) is 8.78 Å². The van der Waals surface area contributed by atoms with Crippen LogP contribution in [0.25, 0.3) is 0 Å². The van der Waals surface area contributed by atoms with Crippen LogP contribution >= 0.6 is 0 Å². The van der Waals surface area contributed by atoms with Gasteiger partial charge in [-0.3, -0.25) is 9.80 Å². The van der Waals surface area contributed by atoms with Gasteiger partial charge in [-0.25, -0.2) is 4.39 Å². The summed E-state index contributed by atoms with van der Waals surface area (Å²) < 4.78 is 46.9. The summed E-state index contributed by atoms with van der Waals surface area (Å²) in [5.41, 5.74) is 1.64.